The van der Waals surface area contributed by atoms with Crippen LogP contribution in [0.3, 0.4) is 0 Å². The van der Waals surface area contributed by atoms with Gasteiger partial charge in [-0.25, -0.2) is 0 Å². The number of thiol groups is 1. The Morgan fingerprint density at radius 2 is 1.33 bits per heavy atom. The Balaban J connectivity index is 1.59. The van der Waals surface area contributed by atoms with Crippen LogP contribution in [-0.2, 0) is 75.1 Å². The number of carbonyl (C=O) groups excluding carboxylic acids is 11. The molecule has 496 valence electrons. The van der Waals surface area contributed by atoms with E-state index in [9.17, 15) is 53.7 Å². The highest BCUT2D eigenvalue weighted by molar-refractivity contribution is 8.77. The van der Waals surface area contributed by atoms with Gasteiger partial charge in [0.25, 0.3) is 0 Å². The Bertz CT molecular complexity index is 2840. The molecule has 0 spiro atoms. The zero-order valence-electron chi connectivity index (χ0n) is 50.1. The SMILES string of the molecule is COC(=O)CCC1NC2CSSCC3N[C@@H]([C@@H](C)O)C(=O)NCC(=O)C(NC(Cc4ccc(O)cc4)C(=O)OC)CSSCC(N[C@@H](Cc4ccc(O)cc4)C(=O)C1=O)C(CSSCC(=O)[C@H](CS)N2)N[C@@H](CC(N)=O)C(=O)N1CCC[C@H]1C(=O)N[C@@H](C)C3=O. The average molecular weight is 1390 g/mol. The van der Waals surface area contributed by atoms with Crippen LogP contribution in [0.5, 0.6) is 11.5 Å². The number of benzene rings is 2. The van der Waals surface area contributed by atoms with Crippen molar-refractivity contribution in [3.8, 4) is 11.5 Å². The van der Waals surface area contributed by atoms with Crippen molar-refractivity contribution in [2.45, 2.75) is 144 Å². The van der Waals surface area contributed by atoms with Gasteiger partial charge in [0.2, 0.25) is 35.2 Å². The minimum absolute atomic E-state index is 0.00836. The van der Waals surface area contributed by atoms with Crippen molar-refractivity contribution in [2.75, 3.05) is 67.6 Å². The maximum Gasteiger partial charge on any atom is 0.323 e. The van der Waals surface area contributed by atoms with Crippen molar-refractivity contribution in [2.24, 2.45) is 5.73 Å². The Morgan fingerprint density at radius 1 is 0.733 bits per heavy atom. The molecule has 5 saturated heterocycles. The number of primary amides is 1. The van der Waals surface area contributed by atoms with Crippen LogP contribution in [0, 0.1) is 0 Å². The summed E-state index contributed by atoms with van der Waals surface area (Å²) in [5, 5.41) is 56.4. The number of Topliss-reactive ketones (excluding diaryl/α,β-unsaturated/α-hetero) is 5. The van der Waals surface area contributed by atoms with Crippen LogP contribution in [-0.4, -0.2) is 237 Å². The number of phenolic OH excluding ortho intramolecular Hbond substituents is 2. The van der Waals surface area contributed by atoms with Gasteiger partial charge >= 0.3 is 11.9 Å². The van der Waals surface area contributed by atoms with E-state index in [1.54, 1.807) is 24.3 Å². The molecule has 2 aromatic rings. The lowest BCUT2D eigenvalue weighted by Gasteiger charge is -2.36. The third-order valence-electron chi connectivity index (χ3n) is 15.4. The quantitative estimate of drug-likeness (QED) is 0.0485. The maximum absolute atomic E-state index is 15.5. The molecule has 90 heavy (non-hydrogen) atoms. The standard InChI is InChI=1S/C57H80N10O16S7/c1-29-51(75)43-26-88-90-28-48-64-35(15-16-49(74)82-3)52(76)53(77)36(18-31-7-11-33(69)12-8-31)61-40(41(24-86-89-27-46(72)39(22-84)65-48)62-37(20-47(58)73)56(80)67-17-5-6-44(67)54(78)60-29)23-85-87-25-42(45(71)21-59-55(79)50(66-43)30(2)68)63-38(57(81)83-4)19-32-9-13-34(70)14-10-32/h7-14,29-30,35-44,48,50,61-66,68-70,84H,5-6,15-28H2,1-4H3,(H2,58,73)(H,59,79)(H,60,78)/t29-,30+,35?,36-,37-,38?,39-,40?,41?,42?,43?,44-,48?,50-/m0/s1. The number of hydrogen-bond donors (Lipinski definition) is 13. The van der Waals surface area contributed by atoms with Gasteiger partial charge in [0.1, 0.15) is 29.6 Å². The van der Waals surface area contributed by atoms with E-state index in [4.69, 9.17) is 15.2 Å². The molecular formula is C57H80N10O16S7. The number of aliphatic hydroxyl groups is 1. The van der Waals surface area contributed by atoms with Crippen LogP contribution in [0.2, 0.25) is 0 Å². The molecule has 7 rings (SSSR count). The number of methoxy groups -OCH3 is 2. The molecule has 0 aliphatic carbocycles. The Labute approximate surface area is 551 Å². The number of phenols is 2. The predicted molar refractivity (Wildman–Crippen MR) is 352 cm³/mol. The molecule has 33 heteroatoms. The fourth-order valence-corrected chi connectivity index (χ4v) is 17.8. The molecule has 7 unspecified atom stereocenters. The number of nitrogens with two attached hydrogens (primary N) is 1. The van der Waals surface area contributed by atoms with Crippen LogP contribution >= 0.6 is 77.4 Å². The van der Waals surface area contributed by atoms with E-state index in [1.165, 1.54) is 89.6 Å². The second-order valence-electron chi connectivity index (χ2n) is 22.0. The fourth-order valence-electron chi connectivity index (χ4n) is 10.4. The Hall–Kier alpha value is -4.62. The monoisotopic (exact) mass is 1380 g/mol. The summed E-state index contributed by atoms with van der Waals surface area (Å²) in [6.45, 7) is 2.13. The molecular weight excluding hydrogens is 1310 g/mol. The molecule has 5 heterocycles. The molecule has 2 aromatic carbocycles. The number of amides is 4. The van der Waals surface area contributed by atoms with Crippen molar-refractivity contribution in [3.63, 3.8) is 0 Å². The lowest BCUT2D eigenvalue weighted by Crippen LogP contribution is -2.63. The molecule has 13 N–H and O–H groups in total. The maximum atomic E-state index is 15.5. The molecule has 4 bridgehead atoms. The van der Waals surface area contributed by atoms with Gasteiger partial charge in [0.05, 0.1) is 87.5 Å². The number of ketones is 5. The molecule has 26 nitrogen and oxygen atoms in total. The number of fused-ring (bicyclic) bond motifs is 14. The van der Waals surface area contributed by atoms with Crippen molar-refractivity contribution in [1.29, 1.82) is 0 Å². The molecule has 0 aromatic heterocycles. The number of esters is 2. The number of ether oxygens (including phenoxy) is 2. The molecule has 4 amide bonds. The number of aromatic hydroxyl groups is 2. The van der Waals surface area contributed by atoms with Gasteiger partial charge in [-0.2, -0.15) is 12.6 Å². The Morgan fingerprint density at radius 3 is 1.97 bits per heavy atom. The third kappa shape index (κ3) is 22.6. The van der Waals surface area contributed by atoms with Gasteiger partial charge in [0, 0.05) is 59.6 Å². The molecule has 5 aliphatic rings. The van der Waals surface area contributed by atoms with E-state index in [2.05, 4.69) is 55.2 Å². The number of carbonyl (C=O) groups is 11. The van der Waals surface area contributed by atoms with Gasteiger partial charge in [-0.15, -0.1) is 0 Å². The lowest BCUT2D eigenvalue weighted by molar-refractivity contribution is -0.144. The largest absolute Gasteiger partial charge is 0.508 e. The van der Waals surface area contributed by atoms with Crippen LogP contribution in [0.25, 0.3) is 0 Å². The molecule has 0 radical (unpaired) electrons. The van der Waals surface area contributed by atoms with E-state index in [-0.39, 0.29) is 96.2 Å². The van der Waals surface area contributed by atoms with Crippen molar-refractivity contribution in [3.05, 3.63) is 59.7 Å². The van der Waals surface area contributed by atoms with Crippen LogP contribution in [0.1, 0.15) is 57.1 Å². The van der Waals surface area contributed by atoms with Gasteiger partial charge < -0.3 is 56.7 Å². The summed E-state index contributed by atoms with van der Waals surface area (Å²) in [4.78, 5) is 160. The summed E-state index contributed by atoms with van der Waals surface area (Å²) in [7, 11) is 9.30. The van der Waals surface area contributed by atoms with Gasteiger partial charge in [-0.05, 0) is 81.3 Å². The first-order chi connectivity index (χ1) is 43.0. The minimum Gasteiger partial charge on any atom is -0.508 e. The highest BCUT2D eigenvalue weighted by atomic mass is 33.1. The number of aliphatic hydroxyl groups excluding tert-OH is 1. The zero-order chi connectivity index (χ0) is 65.6. The first-order valence-electron chi connectivity index (χ1n) is 29.1. The molecule has 0 saturated carbocycles. The zero-order valence-corrected chi connectivity index (χ0v) is 55.9. The second-order valence-corrected chi connectivity index (χ2v) is 29.9. The van der Waals surface area contributed by atoms with Crippen LogP contribution in [0.15, 0.2) is 48.5 Å². The lowest BCUT2D eigenvalue weighted by atomic mass is 9.93. The smallest absolute Gasteiger partial charge is 0.323 e. The van der Waals surface area contributed by atoms with Gasteiger partial charge in [-0.1, -0.05) is 89.0 Å². The summed E-state index contributed by atoms with van der Waals surface area (Å²) in [6.07, 6.45) is -3.38. The number of hydrogen-bond acceptors (Lipinski definition) is 29. The normalized spacial score (nSPS) is 28.9. The topological polar surface area (TPSA) is 392 Å². The van der Waals surface area contributed by atoms with E-state index < -0.39 is 156 Å². The first kappa shape index (κ1) is 74.4. The highest BCUT2D eigenvalue weighted by Gasteiger charge is 2.43. The fraction of sp³-hybridized carbons (Fsp3) is 0.596. The van der Waals surface area contributed by atoms with E-state index >= 15 is 14.4 Å². The molecule has 14 atom stereocenters. The van der Waals surface area contributed by atoms with Gasteiger partial charge in [0.15, 0.2) is 17.3 Å². The highest BCUT2D eigenvalue weighted by Crippen LogP contribution is 2.31. The van der Waals surface area contributed by atoms with Crippen molar-refractivity contribution in [1.82, 2.24) is 47.4 Å². The second kappa shape index (κ2) is 37.3. The predicted octanol–water partition coefficient (Wildman–Crippen LogP) is -0.613. The van der Waals surface area contributed by atoms with Crippen molar-refractivity contribution >= 4 is 142 Å². The minimum atomic E-state index is -1.57. The van der Waals surface area contributed by atoms with Crippen LogP contribution in [0.4, 0.5) is 0 Å². The average Bonchev–Trinajstić information content (AvgIpc) is 1.63. The number of nitrogens with one attached hydrogen (secondary N) is 8. The summed E-state index contributed by atoms with van der Waals surface area (Å²) >= 11 is 4.55. The number of nitrogens with zero attached hydrogens (tertiary/aromatic N) is 1. The molecule has 5 aliphatic heterocycles. The third-order valence-corrected chi connectivity index (χ3v) is 22.9. The molecule has 5 fully saturated rings. The van der Waals surface area contributed by atoms with Crippen molar-refractivity contribution < 1.29 is 77.5 Å². The van der Waals surface area contributed by atoms with Gasteiger partial charge in [-0.3, -0.25) is 74.0 Å². The Kier molecular flexibility index (Phi) is 30.9. The summed E-state index contributed by atoms with van der Waals surface area (Å²) < 4.78 is 10.1. The summed E-state index contributed by atoms with van der Waals surface area (Å²) in [6, 6.07) is -3.05. The van der Waals surface area contributed by atoms with E-state index in [1.807, 2.05) is 0 Å². The summed E-state index contributed by atoms with van der Waals surface area (Å²) in [5.74, 6) is -8.70. The first-order valence-corrected chi connectivity index (χ1v) is 37.2. The van der Waals surface area contributed by atoms with Crippen LogP contribution < -0.4 is 48.3 Å². The number of rotatable bonds is 14. The van der Waals surface area contributed by atoms with E-state index in [0.29, 0.717) is 17.5 Å². The summed E-state index contributed by atoms with van der Waals surface area (Å²) in [5.41, 5.74) is 7.00. The van der Waals surface area contributed by atoms with E-state index in [0.717, 1.165) is 32.4 Å².